The Labute approximate surface area is 73.8 Å². The molecule has 0 radical (unpaired) electrons. The molecule has 0 bridgehead atoms. The summed E-state index contributed by atoms with van der Waals surface area (Å²) >= 11 is 0. The highest BCUT2D eigenvalue weighted by Crippen LogP contribution is 1.94. The van der Waals surface area contributed by atoms with Gasteiger partial charge in [0.25, 0.3) is 0 Å². The van der Waals surface area contributed by atoms with Crippen molar-refractivity contribution in [3.63, 3.8) is 0 Å². The van der Waals surface area contributed by atoms with Crippen molar-refractivity contribution in [2.45, 2.75) is 0 Å². The van der Waals surface area contributed by atoms with Crippen molar-refractivity contribution in [2.75, 3.05) is 39.4 Å². The van der Waals surface area contributed by atoms with Crippen molar-refractivity contribution in [3.05, 3.63) is 0 Å². The van der Waals surface area contributed by atoms with Crippen LogP contribution >= 0.6 is 0 Å². The van der Waals surface area contributed by atoms with Gasteiger partial charge in [0.1, 0.15) is 0 Å². The quantitative estimate of drug-likeness (QED) is 0.531. The Morgan fingerprint density at radius 1 is 1.33 bits per heavy atom. The van der Waals surface area contributed by atoms with E-state index in [0.29, 0.717) is 6.54 Å². The van der Waals surface area contributed by atoms with Crippen LogP contribution in [0.1, 0.15) is 0 Å². The van der Waals surface area contributed by atoms with Crippen LogP contribution in [-0.4, -0.2) is 52.7 Å². The molecule has 0 amide bonds. The van der Waals surface area contributed by atoms with Crippen LogP contribution in [-0.2, 0) is 15.6 Å². The minimum atomic E-state index is -2.44. The van der Waals surface area contributed by atoms with E-state index in [0.717, 1.165) is 32.8 Å². The first-order chi connectivity index (χ1) is 5.79. The molecule has 1 aliphatic rings. The molecule has 0 spiro atoms. The van der Waals surface area contributed by atoms with Crippen molar-refractivity contribution in [2.24, 2.45) is 0 Å². The van der Waals surface area contributed by atoms with Gasteiger partial charge >= 0.3 is 0 Å². The van der Waals surface area contributed by atoms with E-state index in [4.69, 9.17) is 4.74 Å². The van der Waals surface area contributed by atoms with Gasteiger partial charge in [0.2, 0.25) is 10.9 Å². The van der Waals surface area contributed by atoms with Crippen LogP contribution in [0.2, 0.25) is 0 Å². The molecule has 0 saturated carbocycles. The van der Waals surface area contributed by atoms with Gasteiger partial charge in [-0.3, -0.25) is 4.90 Å². The number of nitrogens with zero attached hydrogens (tertiary/aromatic N) is 1. The maximum Gasteiger partial charge on any atom is 0.201 e. The fraction of sp³-hybridized carbons (Fsp3) is 1.00. The molecule has 6 heteroatoms. The standard InChI is InChI=1S/C6H14N2O3S/c9-12(10)7-1-2-8-3-5-11-6-4-8/h12H,1-6H2,(H,7,9,10). The first-order valence-electron chi connectivity index (χ1n) is 3.97. The van der Waals surface area contributed by atoms with Crippen LogP contribution < -0.4 is 4.72 Å². The van der Waals surface area contributed by atoms with E-state index in [1.165, 1.54) is 0 Å². The van der Waals surface area contributed by atoms with Crippen molar-refractivity contribution in [1.29, 1.82) is 0 Å². The van der Waals surface area contributed by atoms with Gasteiger partial charge in [0.15, 0.2) is 0 Å². The second-order valence-corrected chi connectivity index (χ2v) is 3.45. The smallest absolute Gasteiger partial charge is 0.201 e. The van der Waals surface area contributed by atoms with Crippen molar-refractivity contribution >= 4 is 10.9 Å². The first-order valence-corrected chi connectivity index (χ1v) is 5.15. The molecule has 1 saturated heterocycles. The number of ether oxygens (including phenoxy) is 1. The Kier molecular flexibility index (Phi) is 4.52. The summed E-state index contributed by atoms with van der Waals surface area (Å²) in [5.74, 6) is 0. The summed E-state index contributed by atoms with van der Waals surface area (Å²) < 4.78 is 27.8. The molecule has 5 nitrogen and oxygen atoms in total. The summed E-state index contributed by atoms with van der Waals surface area (Å²) in [7, 11) is -2.44. The largest absolute Gasteiger partial charge is 0.379 e. The molecule has 1 aliphatic heterocycles. The molecule has 0 unspecified atom stereocenters. The van der Waals surface area contributed by atoms with Crippen LogP contribution in [0.15, 0.2) is 0 Å². The summed E-state index contributed by atoms with van der Waals surface area (Å²) in [6, 6.07) is 0. The lowest BCUT2D eigenvalue weighted by Gasteiger charge is -2.25. The van der Waals surface area contributed by atoms with E-state index >= 15 is 0 Å². The molecule has 72 valence electrons. The van der Waals surface area contributed by atoms with Crippen molar-refractivity contribution in [3.8, 4) is 0 Å². The molecule has 0 aliphatic carbocycles. The highest BCUT2D eigenvalue weighted by molar-refractivity contribution is 7.70. The first kappa shape index (κ1) is 9.91. The topological polar surface area (TPSA) is 58.6 Å². The molecule has 0 aromatic heterocycles. The number of morpholine rings is 1. The summed E-state index contributed by atoms with van der Waals surface area (Å²) in [5.41, 5.74) is 0. The fourth-order valence-corrected chi connectivity index (χ4v) is 1.41. The average Bonchev–Trinajstić information content (AvgIpc) is 2.05. The van der Waals surface area contributed by atoms with Gasteiger partial charge < -0.3 is 4.74 Å². The molecule has 0 aromatic rings. The third-order valence-electron chi connectivity index (χ3n) is 1.77. The van der Waals surface area contributed by atoms with Crippen LogP contribution in [0.3, 0.4) is 0 Å². The highest BCUT2D eigenvalue weighted by atomic mass is 32.2. The molecule has 1 heterocycles. The lowest BCUT2D eigenvalue weighted by atomic mass is 10.4. The molecule has 0 atom stereocenters. The second-order valence-electron chi connectivity index (χ2n) is 2.62. The minimum absolute atomic E-state index is 0.499. The molecule has 1 fully saturated rings. The molecular formula is C6H14N2O3S. The number of hydrogen-bond acceptors (Lipinski definition) is 4. The van der Waals surface area contributed by atoms with Gasteiger partial charge in [0, 0.05) is 26.2 Å². The zero-order valence-corrected chi connectivity index (χ0v) is 7.76. The zero-order chi connectivity index (χ0) is 8.81. The third kappa shape index (κ3) is 4.01. The maximum atomic E-state index is 10.1. The SMILES string of the molecule is O=[SH](=O)NCCN1CCOCC1. The number of hydrogen-bond donors (Lipinski definition) is 2. The van der Waals surface area contributed by atoms with E-state index in [9.17, 15) is 8.42 Å². The van der Waals surface area contributed by atoms with Gasteiger partial charge in [-0.15, -0.1) is 0 Å². The summed E-state index contributed by atoms with van der Waals surface area (Å²) in [5, 5.41) is 0. The van der Waals surface area contributed by atoms with E-state index in [1.807, 2.05) is 0 Å². The predicted octanol–water partition coefficient (Wildman–Crippen LogP) is -1.57. The summed E-state index contributed by atoms with van der Waals surface area (Å²) in [6.45, 7) is 4.58. The molecule has 1 rings (SSSR count). The number of thiol groups is 1. The molecular weight excluding hydrogens is 180 g/mol. The van der Waals surface area contributed by atoms with E-state index < -0.39 is 10.9 Å². The second kappa shape index (κ2) is 5.47. The molecule has 1 N–H and O–H groups in total. The Bertz CT molecular complexity index is 181. The Hall–Kier alpha value is -0.170. The fourth-order valence-electron chi connectivity index (χ4n) is 1.12. The van der Waals surface area contributed by atoms with Gasteiger partial charge in [0.05, 0.1) is 13.2 Å². The van der Waals surface area contributed by atoms with Crippen molar-refractivity contribution < 1.29 is 13.2 Å². The zero-order valence-electron chi connectivity index (χ0n) is 6.86. The molecule has 0 aromatic carbocycles. The summed E-state index contributed by atoms with van der Waals surface area (Å²) in [6.07, 6.45) is 0. The minimum Gasteiger partial charge on any atom is -0.379 e. The van der Waals surface area contributed by atoms with Crippen LogP contribution in [0, 0.1) is 0 Å². The van der Waals surface area contributed by atoms with E-state index in [1.54, 1.807) is 0 Å². The third-order valence-corrected chi connectivity index (χ3v) is 2.25. The van der Waals surface area contributed by atoms with Gasteiger partial charge in [-0.2, -0.15) is 0 Å². The maximum absolute atomic E-state index is 10.1. The normalized spacial score (nSPS) is 20.1. The lowest BCUT2D eigenvalue weighted by molar-refractivity contribution is 0.0390. The Morgan fingerprint density at radius 3 is 2.58 bits per heavy atom. The van der Waals surface area contributed by atoms with Crippen LogP contribution in [0.25, 0.3) is 0 Å². The highest BCUT2D eigenvalue weighted by Gasteiger charge is 2.08. The summed E-state index contributed by atoms with van der Waals surface area (Å²) in [4.78, 5) is 2.18. The average molecular weight is 194 g/mol. The van der Waals surface area contributed by atoms with Gasteiger partial charge in [-0.25, -0.2) is 13.1 Å². The van der Waals surface area contributed by atoms with Gasteiger partial charge in [-0.1, -0.05) is 0 Å². The van der Waals surface area contributed by atoms with Crippen LogP contribution in [0.5, 0.6) is 0 Å². The Morgan fingerprint density at radius 2 is 2.00 bits per heavy atom. The van der Waals surface area contributed by atoms with Crippen molar-refractivity contribution in [1.82, 2.24) is 9.62 Å². The number of nitrogens with one attached hydrogen (secondary N) is 1. The van der Waals surface area contributed by atoms with Gasteiger partial charge in [-0.05, 0) is 0 Å². The van der Waals surface area contributed by atoms with E-state index in [2.05, 4.69) is 9.62 Å². The predicted molar refractivity (Wildman–Crippen MR) is 45.6 cm³/mol. The van der Waals surface area contributed by atoms with E-state index in [-0.39, 0.29) is 0 Å². The van der Waals surface area contributed by atoms with Crippen LogP contribution in [0.4, 0.5) is 0 Å². The number of rotatable bonds is 4. The molecule has 12 heavy (non-hydrogen) atoms. The monoisotopic (exact) mass is 194 g/mol. The Balaban J connectivity index is 2.05. The lowest BCUT2D eigenvalue weighted by Crippen LogP contribution is -2.40.